The normalized spacial score (nSPS) is 11.1. The summed E-state index contributed by atoms with van der Waals surface area (Å²) >= 11 is 3.01. The van der Waals surface area contributed by atoms with Crippen molar-refractivity contribution >= 4 is 50.0 Å². The van der Waals surface area contributed by atoms with Gasteiger partial charge in [-0.05, 0) is 35.7 Å². The summed E-state index contributed by atoms with van der Waals surface area (Å²) in [4.78, 5) is 17.3. The number of nitrogens with one attached hydrogen (secondary N) is 1. The van der Waals surface area contributed by atoms with Crippen molar-refractivity contribution in [2.45, 2.75) is 0 Å². The quantitative estimate of drug-likeness (QED) is 0.740. The summed E-state index contributed by atoms with van der Waals surface area (Å²) in [6.45, 7) is 0. The smallest absolute Gasteiger partial charge is 0.250 e. The monoisotopic (exact) mass is 316 g/mol. The molecule has 6 heteroatoms. The van der Waals surface area contributed by atoms with E-state index in [4.69, 9.17) is 4.74 Å². The third kappa shape index (κ3) is 3.29. The number of hydrogen-bond acceptors (Lipinski definition) is 5. The Morgan fingerprint density at radius 2 is 2.29 bits per heavy atom. The first-order valence-corrected chi connectivity index (χ1v) is 7.91. The molecule has 21 heavy (non-hydrogen) atoms. The van der Waals surface area contributed by atoms with Crippen LogP contribution >= 0.6 is 22.7 Å². The second kappa shape index (κ2) is 6.07. The molecule has 1 amide bonds. The molecule has 0 saturated heterocycles. The Bertz CT molecular complexity index is 791. The highest BCUT2D eigenvalue weighted by Crippen LogP contribution is 2.29. The van der Waals surface area contributed by atoms with E-state index < -0.39 is 0 Å². The number of thiophene rings is 1. The first kappa shape index (κ1) is 13.8. The van der Waals surface area contributed by atoms with E-state index in [1.54, 1.807) is 24.5 Å². The molecule has 3 rings (SSSR count). The third-order valence-electron chi connectivity index (χ3n) is 2.77. The van der Waals surface area contributed by atoms with Crippen LogP contribution in [0.15, 0.2) is 41.8 Å². The summed E-state index contributed by atoms with van der Waals surface area (Å²) in [5, 5.41) is 5.33. The van der Waals surface area contributed by atoms with E-state index in [2.05, 4.69) is 10.3 Å². The topological polar surface area (TPSA) is 51.2 Å². The van der Waals surface area contributed by atoms with Crippen molar-refractivity contribution in [3.63, 3.8) is 0 Å². The molecule has 0 unspecified atom stereocenters. The molecule has 0 aliphatic heterocycles. The maximum atomic E-state index is 11.9. The van der Waals surface area contributed by atoms with Crippen molar-refractivity contribution in [2.24, 2.45) is 0 Å². The van der Waals surface area contributed by atoms with Crippen molar-refractivity contribution in [3.05, 3.63) is 46.7 Å². The van der Waals surface area contributed by atoms with Crippen LogP contribution in [0.25, 0.3) is 16.3 Å². The Balaban J connectivity index is 1.73. The van der Waals surface area contributed by atoms with Gasteiger partial charge < -0.3 is 4.74 Å². The van der Waals surface area contributed by atoms with Crippen molar-refractivity contribution in [1.82, 2.24) is 4.98 Å². The van der Waals surface area contributed by atoms with E-state index in [0.29, 0.717) is 5.13 Å². The van der Waals surface area contributed by atoms with E-state index in [1.807, 2.05) is 35.7 Å². The maximum absolute atomic E-state index is 11.9. The number of carbonyl (C=O) groups excluding carboxylic acids is 1. The van der Waals surface area contributed by atoms with Gasteiger partial charge in [0.15, 0.2) is 5.13 Å². The lowest BCUT2D eigenvalue weighted by Crippen LogP contribution is -2.06. The van der Waals surface area contributed by atoms with Gasteiger partial charge in [-0.1, -0.05) is 17.4 Å². The van der Waals surface area contributed by atoms with Crippen molar-refractivity contribution in [3.8, 4) is 5.75 Å². The van der Waals surface area contributed by atoms with Crippen LogP contribution < -0.4 is 10.1 Å². The highest BCUT2D eigenvalue weighted by Gasteiger charge is 2.06. The molecule has 0 aliphatic carbocycles. The first-order chi connectivity index (χ1) is 10.2. The number of aromatic nitrogens is 1. The molecule has 0 bridgehead atoms. The van der Waals surface area contributed by atoms with Crippen molar-refractivity contribution in [1.29, 1.82) is 0 Å². The number of hydrogen-bond donors (Lipinski definition) is 1. The molecule has 0 radical (unpaired) electrons. The predicted octanol–water partition coefficient (Wildman–Crippen LogP) is 4.02. The number of fused-ring (bicyclic) bond motifs is 1. The van der Waals surface area contributed by atoms with Gasteiger partial charge in [0.05, 0.1) is 17.3 Å². The number of nitrogens with zero attached hydrogens (tertiary/aromatic N) is 1. The molecule has 0 fully saturated rings. The average Bonchev–Trinajstić information content (AvgIpc) is 3.13. The standard InChI is InChI=1S/C15H12N2O2S2/c1-19-10-4-6-12-13(9-10)21-15(16-12)17-14(18)7-5-11-3-2-8-20-11/h2-9H,1H3,(H,16,17,18)/b7-5+. The zero-order valence-corrected chi connectivity index (χ0v) is 12.8. The third-order valence-corrected chi connectivity index (χ3v) is 4.54. The number of benzene rings is 1. The molecule has 0 saturated carbocycles. The highest BCUT2D eigenvalue weighted by molar-refractivity contribution is 7.22. The van der Waals surface area contributed by atoms with E-state index in [-0.39, 0.29) is 5.91 Å². The molecule has 0 atom stereocenters. The minimum Gasteiger partial charge on any atom is -0.497 e. The van der Waals surface area contributed by atoms with E-state index in [9.17, 15) is 4.79 Å². The van der Waals surface area contributed by atoms with Gasteiger partial charge in [-0.15, -0.1) is 11.3 Å². The molecule has 0 spiro atoms. The Hall–Kier alpha value is -2.18. The number of rotatable bonds is 4. The van der Waals surface area contributed by atoms with Gasteiger partial charge >= 0.3 is 0 Å². The SMILES string of the molecule is COc1ccc2nc(NC(=O)/C=C/c3cccs3)sc2c1. The van der Waals surface area contributed by atoms with Gasteiger partial charge in [0.1, 0.15) is 5.75 Å². The van der Waals surface area contributed by atoms with Gasteiger partial charge in [-0.25, -0.2) is 4.98 Å². The van der Waals surface area contributed by atoms with Crippen LogP contribution in [0.4, 0.5) is 5.13 Å². The van der Waals surface area contributed by atoms with Crippen LogP contribution in [-0.2, 0) is 4.79 Å². The average molecular weight is 316 g/mol. The van der Waals surface area contributed by atoms with Crippen LogP contribution in [0.3, 0.4) is 0 Å². The van der Waals surface area contributed by atoms with E-state index in [1.165, 1.54) is 17.4 Å². The van der Waals surface area contributed by atoms with Crippen molar-refractivity contribution < 1.29 is 9.53 Å². The van der Waals surface area contributed by atoms with Crippen LogP contribution in [-0.4, -0.2) is 18.0 Å². The minimum absolute atomic E-state index is 0.186. The van der Waals surface area contributed by atoms with Gasteiger partial charge in [-0.3, -0.25) is 10.1 Å². The van der Waals surface area contributed by atoms with Gasteiger partial charge in [-0.2, -0.15) is 0 Å². The van der Waals surface area contributed by atoms with Crippen molar-refractivity contribution in [2.75, 3.05) is 12.4 Å². The number of ether oxygens (including phenoxy) is 1. The van der Waals surface area contributed by atoms with Gasteiger partial charge in [0, 0.05) is 11.0 Å². The second-order valence-electron chi connectivity index (χ2n) is 4.19. The second-order valence-corrected chi connectivity index (χ2v) is 6.20. The molecule has 1 N–H and O–H groups in total. The summed E-state index contributed by atoms with van der Waals surface area (Å²) < 4.78 is 6.15. The Labute approximate surface area is 129 Å². The molecule has 106 valence electrons. The lowest BCUT2D eigenvalue weighted by atomic mass is 10.3. The largest absolute Gasteiger partial charge is 0.497 e. The summed E-state index contributed by atoms with van der Waals surface area (Å²) in [6.07, 6.45) is 3.30. The first-order valence-electron chi connectivity index (χ1n) is 6.22. The minimum atomic E-state index is -0.186. The van der Waals surface area contributed by atoms with Gasteiger partial charge in [0.25, 0.3) is 0 Å². The number of thiazole rings is 1. The zero-order valence-electron chi connectivity index (χ0n) is 11.2. The molecular formula is C15H12N2O2S2. The summed E-state index contributed by atoms with van der Waals surface area (Å²) in [7, 11) is 1.63. The lowest BCUT2D eigenvalue weighted by Gasteiger charge is -1.96. The van der Waals surface area contributed by atoms with Crippen LogP contribution in [0.2, 0.25) is 0 Å². The maximum Gasteiger partial charge on any atom is 0.250 e. The molecule has 3 aromatic rings. The molecular weight excluding hydrogens is 304 g/mol. The molecule has 4 nitrogen and oxygen atoms in total. The molecule has 0 aliphatic rings. The van der Waals surface area contributed by atoms with E-state index in [0.717, 1.165) is 20.8 Å². The lowest BCUT2D eigenvalue weighted by molar-refractivity contribution is -0.111. The number of methoxy groups -OCH3 is 1. The molecule has 1 aromatic carbocycles. The predicted molar refractivity (Wildman–Crippen MR) is 88.2 cm³/mol. The molecule has 2 aromatic heterocycles. The van der Waals surface area contributed by atoms with Gasteiger partial charge in [0.2, 0.25) is 5.91 Å². The fourth-order valence-electron chi connectivity index (χ4n) is 1.78. The zero-order chi connectivity index (χ0) is 14.7. The summed E-state index contributed by atoms with van der Waals surface area (Å²) in [5.41, 5.74) is 0.846. The summed E-state index contributed by atoms with van der Waals surface area (Å²) in [6, 6.07) is 9.54. The fraction of sp³-hybridized carbons (Fsp3) is 0.0667. The van der Waals surface area contributed by atoms with E-state index >= 15 is 0 Å². The number of anilines is 1. The van der Waals surface area contributed by atoms with Crippen LogP contribution in [0, 0.1) is 0 Å². The number of carbonyl (C=O) groups is 1. The summed E-state index contributed by atoms with van der Waals surface area (Å²) in [5.74, 6) is 0.594. The Kier molecular flexibility index (Phi) is 3.98. The molecule has 2 heterocycles. The Morgan fingerprint density at radius 1 is 1.38 bits per heavy atom. The van der Waals surface area contributed by atoms with Crippen LogP contribution in [0.1, 0.15) is 4.88 Å². The fourth-order valence-corrected chi connectivity index (χ4v) is 3.29. The Morgan fingerprint density at radius 3 is 3.05 bits per heavy atom. The van der Waals surface area contributed by atoms with Crippen LogP contribution in [0.5, 0.6) is 5.75 Å². The number of amides is 1. The highest BCUT2D eigenvalue weighted by atomic mass is 32.1.